The third-order valence-electron chi connectivity index (χ3n) is 9.44. The molecule has 0 N–H and O–H groups in total. The third-order valence-corrected chi connectivity index (χ3v) is 10.4. The lowest BCUT2D eigenvalue weighted by Gasteiger charge is -2.56. The van der Waals surface area contributed by atoms with Gasteiger partial charge in [-0.1, -0.05) is 24.3 Å². The van der Waals surface area contributed by atoms with Gasteiger partial charge in [-0.05, 0) is 97.8 Å². The van der Waals surface area contributed by atoms with Crippen LogP contribution in [-0.4, -0.2) is 55.0 Å². The van der Waals surface area contributed by atoms with Crippen LogP contribution < -0.4 is 0 Å². The van der Waals surface area contributed by atoms with Gasteiger partial charge < -0.3 is 14.5 Å². The smallest absolute Gasteiger partial charge is 0.242 e. The van der Waals surface area contributed by atoms with Gasteiger partial charge in [0, 0.05) is 25.1 Å². The summed E-state index contributed by atoms with van der Waals surface area (Å²) in [6, 6.07) is 10.5. The molecule has 1 aromatic carbocycles. The van der Waals surface area contributed by atoms with E-state index in [0.29, 0.717) is 37.5 Å². The summed E-state index contributed by atoms with van der Waals surface area (Å²) in [6.07, 6.45) is 7.84. The quantitative estimate of drug-likeness (QED) is 0.517. The molecular formula is C30H38N2O3S. The number of nitrogens with zero attached hydrogens (tertiary/aromatic N) is 2. The van der Waals surface area contributed by atoms with Crippen molar-refractivity contribution in [3.8, 4) is 0 Å². The van der Waals surface area contributed by atoms with Crippen molar-refractivity contribution >= 4 is 23.2 Å². The Bertz CT molecular complexity index is 1110. The molecule has 2 amide bonds. The monoisotopic (exact) mass is 506 g/mol. The summed E-state index contributed by atoms with van der Waals surface area (Å²) in [4.78, 5) is 33.5. The van der Waals surface area contributed by atoms with Crippen molar-refractivity contribution in [3.63, 3.8) is 0 Å². The number of carbonyl (C=O) groups is 2. The van der Waals surface area contributed by atoms with Gasteiger partial charge in [0.1, 0.15) is 0 Å². The minimum atomic E-state index is -0.249. The van der Waals surface area contributed by atoms with E-state index in [-0.39, 0.29) is 29.8 Å². The Labute approximate surface area is 218 Å². The Morgan fingerprint density at radius 1 is 1.06 bits per heavy atom. The van der Waals surface area contributed by atoms with Crippen LogP contribution in [0.25, 0.3) is 0 Å². The van der Waals surface area contributed by atoms with Crippen LogP contribution in [0.2, 0.25) is 0 Å². The molecule has 5 nitrogen and oxygen atoms in total. The van der Waals surface area contributed by atoms with E-state index in [0.717, 1.165) is 25.7 Å². The first-order valence-corrected chi connectivity index (χ1v) is 14.5. The molecule has 4 saturated carbocycles. The van der Waals surface area contributed by atoms with Gasteiger partial charge in [0.25, 0.3) is 0 Å². The molecule has 5 aliphatic rings. The number of fused-ring (bicyclic) bond motifs is 1. The lowest BCUT2D eigenvalue weighted by atomic mass is 9.49. The third kappa shape index (κ3) is 4.20. The summed E-state index contributed by atoms with van der Waals surface area (Å²) in [5.41, 5.74) is 3.37. The number of amides is 2. The molecule has 7 rings (SSSR count). The number of benzene rings is 1. The fourth-order valence-corrected chi connectivity index (χ4v) is 9.13. The van der Waals surface area contributed by atoms with Crippen molar-refractivity contribution in [1.82, 2.24) is 9.80 Å². The molecular weight excluding hydrogens is 468 g/mol. The summed E-state index contributed by atoms with van der Waals surface area (Å²) < 4.78 is 5.39. The summed E-state index contributed by atoms with van der Waals surface area (Å²) in [6.45, 7) is 3.90. The second-order valence-corrected chi connectivity index (χ2v) is 12.8. The van der Waals surface area contributed by atoms with Gasteiger partial charge in [-0.15, -0.1) is 11.3 Å². The topological polar surface area (TPSA) is 49.9 Å². The number of aryl methyl sites for hydroxylation is 1. The number of methoxy groups -OCH3 is 1. The number of carbonyl (C=O) groups excluding carboxylic acids is 2. The number of ether oxygens (including phenoxy) is 1. The van der Waals surface area contributed by atoms with Crippen molar-refractivity contribution in [2.24, 2.45) is 23.2 Å². The van der Waals surface area contributed by atoms with Crippen LogP contribution in [0.5, 0.6) is 0 Å². The highest BCUT2D eigenvalue weighted by atomic mass is 32.1. The number of hydrogen-bond acceptors (Lipinski definition) is 4. The molecule has 0 spiro atoms. The maximum atomic E-state index is 14.2. The van der Waals surface area contributed by atoms with E-state index in [1.807, 2.05) is 9.80 Å². The number of rotatable bonds is 7. The fraction of sp³-hybridized carbons (Fsp3) is 0.600. The Morgan fingerprint density at radius 2 is 1.75 bits per heavy atom. The van der Waals surface area contributed by atoms with E-state index >= 15 is 0 Å². The first kappa shape index (κ1) is 24.2. The van der Waals surface area contributed by atoms with Crippen molar-refractivity contribution in [1.29, 1.82) is 0 Å². The van der Waals surface area contributed by atoms with E-state index in [9.17, 15) is 9.59 Å². The summed E-state index contributed by atoms with van der Waals surface area (Å²) >= 11 is 1.79. The summed E-state index contributed by atoms with van der Waals surface area (Å²) in [5, 5.41) is 2.14. The molecule has 192 valence electrons. The maximum absolute atomic E-state index is 14.2. The second kappa shape index (κ2) is 9.60. The minimum absolute atomic E-state index is 0.0503. The molecule has 0 saturated heterocycles. The fourth-order valence-electron chi connectivity index (χ4n) is 8.23. The first-order valence-electron chi connectivity index (χ1n) is 13.7. The zero-order chi connectivity index (χ0) is 24.9. The molecule has 6 heteroatoms. The molecule has 1 aliphatic heterocycles. The Balaban J connectivity index is 1.27. The normalized spacial score (nSPS) is 30.3. The van der Waals surface area contributed by atoms with Gasteiger partial charge in [-0.25, -0.2) is 0 Å². The molecule has 1 atom stereocenters. The molecule has 1 aromatic heterocycles. The summed E-state index contributed by atoms with van der Waals surface area (Å²) in [5.74, 6) is 2.36. The van der Waals surface area contributed by atoms with Crippen molar-refractivity contribution in [3.05, 3.63) is 57.3 Å². The standard InChI is InChI=1S/C30H38N2O3S/c1-20-5-3-4-6-24(20)28-25-8-12-36-26(25)7-9-32(28)27(33)19-31(10-11-35-2)29(34)30-16-21-13-22(17-30)15-23(14-21)18-30/h3-6,8,12,21-23,28H,7,9-11,13-19H2,1-2H3. The highest BCUT2D eigenvalue weighted by Gasteiger charge is 2.55. The van der Waals surface area contributed by atoms with Crippen molar-refractivity contribution in [2.75, 3.05) is 33.4 Å². The average molecular weight is 507 g/mol. The average Bonchev–Trinajstić information content (AvgIpc) is 3.34. The van der Waals surface area contributed by atoms with Gasteiger partial charge in [0.15, 0.2) is 0 Å². The SMILES string of the molecule is COCCN(CC(=O)N1CCc2sccc2C1c1ccccc1C)C(=O)C12CC3CC(CC(C3)C1)C2. The van der Waals surface area contributed by atoms with Crippen molar-refractivity contribution in [2.45, 2.75) is 57.9 Å². The Hall–Kier alpha value is -2.18. The highest BCUT2D eigenvalue weighted by Crippen LogP contribution is 2.60. The first-order chi connectivity index (χ1) is 17.5. The largest absolute Gasteiger partial charge is 0.383 e. The lowest BCUT2D eigenvalue weighted by Crippen LogP contribution is -2.56. The van der Waals surface area contributed by atoms with Crippen LogP contribution in [0.3, 0.4) is 0 Å². The van der Waals surface area contributed by atoms with Crippen LogP contribution in [0.1, 0.15) is 66.1 Å². The van der Waals surface area contributed by atoms with E-state index < -0.39 is 0 Å². The predicted octanol–water partition coefficient (Wildman–Crippen LogP) is 5.22. The minimum Gasteiger partial charge on any atom is -0.383 e. The molecule has 2 heterocycles. The summed E-state index contributed by atoms with van der Waals surface area (Å²) in [7, 11) is 1.67. The van der Waals surface area contributed by atoms with Crippen LogP contribution in [0.15, 0.2) is 35.7 Å². The van der Waals surface area contributed by atoms with E-state index in [1.165, 1.54) is 40.8 Å². The molecule has 0 radical (unpaired) electrons. The highest BCUT2D eigenvalue weighted by molar-refractivity contribution is 7.10. The van der Waals surface area contributed by atoms with Gasteiger partial charge in [0.05, 0.1) is 24.6 Å². The van der Waals surface area contributed by atoms with Gasteiger partial charge >= 0.3 is 0 Å². The van der Waals surface area contributed by atoms with Gasteiger partial charge in [-0.3, -0.25) is 9.59 Å². The molecule has 36 heavy (non-hydrogen) atoms. The Kier molecular flexibility index (Phi) is 6.45. The zero-order valence-corrected chi connectivity index (χ0v) is 22.4. The predicted molar refractivity (Wildman–Crippen MR) is 142 cm³/mol. The van der Waals surface area contributed by atoms with Gasteiger partial charge in [-0.2, -0.15) is 0 Å². The van der Waals surface area contributed by atoms with E-state index in [4.69, 9.17) is 4.74 Å². The van der Waals surface area contributed by atoms with Crippen LogP contribution >= 0.6 is 11.3 Å². The molecule has 4 aliphatic carbocycles. The van der Waals surface area contributed by atoms with Crippen LogP contribution in [0, 0.1) is 30.1 Å². The van der Waals surface area contributed by atoms with Crippen LogP contribution in [0.4, 0.5) is 0 Å². The Morgan fingerprint density at radius 3 is 2.42 bits per heavy atom. The second-order valence-electron chi connectivity index (χ2n) is 11.8. The molecule has 2 aromatic rings. The molecule has 4 fully saturated rings. The van der Waals surface area contributed by atoms with E-state index in [1.54, 1.807) is 18.4 Å². The zero-order valence-electron chi connectivity index (χ0n) is 21.6. The number of hydrogen-bond donors (Lipinski definition) is 0. The van der Waals surface area contributed by atoms with Crippen molar-refractivity contribution < 1.29 is 14.3 Å². The molecule has 1 unspecified atom stereocenters. The lowest BCUT2D eigenvalue weighted by molar-refractivity contribution is -0.161. The molecule has 4 bridgehead atoms. The maximum Gasteiger partial charge on any atom is 0.242 e. The van der Waals surface area contributed by atoms with Gasteiger partial charge in [0.2, 0.25) is 11.8 Å². The van der Waals surface area contributed by atoms with Crippen LogP contribution in [-0.2, 0) is 20.7 Å². The van der Waals surface area contributed by atoms with E-state index in [2.05, 4.69) is 42.6 Å². The number of thiophene rings is 1.